The number of rotatable bonds is 8. The predicted molar refractivity (Wildman–Crippen MR) is 125 cm³/mol. The van der Waals surface area contributed by atoms with E-state index in [1.54, 1.807) is 24.3 Å². The van der Waals surface area contributed by atoms with Gasteiger partial charge < -0.3 is 5.32 Å². The molecule has 3 rings (SSSR count). The molecule has 10 heteroatoms. The molecule has 0 heterocycles. The van der Waals surface area contributed by atoms with Gasteiger partial charge in [0.15, 0.2) is 0 Å². The summed E-state index contributed by atoms with van der Waals surface area (Å²) in [6.45, 7) is 1.68. The number of halogens is 4. The summed E-state index contributed by atoms with van der Waals surface area (Å²) < 4.78 is 65.6. The highest BCUT2D eigenvalue weighted by molar-refractivity contribution is 7.89. The van der Waals surface area contributed by atoms with E-state index in [0.29, 0.717) is 10.6 Å². The molecule has 186 valence electrons. The number of carbonyl (C=O) groups is 1. The van der Waals surface area contributed by atoms with E-state index in [9.17, 15) is 26.4 Å². The molecule has 0 radical (unpaired) electrons. The summed E-state index contributed by atoms with van der Waals surface area (Å²) in [7, 11) is -3.81. The molecule has 0 bridgehead atoms. The highest BCUT2D eigenvalue weighted by Crippen LogP contribution is 2.33. The highest BCUT2D eigenvalue weighted by atomic mass is 35.5. The van der Waals surface area contributed by atoms with Crippen LogP contribution >= 0.6 is 11.6 Å². The fraction of sp³-hybridized carbons (Fsp3) is 0.458. The lowest BCUT2D eigenvalue weighted by Gasteiger charge is -2.37. The third kappa shape index (κ3) is 6.96. The van der Waals surface area contributed by atoms with E-state index in [2.05, 4.69) is 12.2 Å². The largest absolute Gasteiger partial charge is 0.390 e. The smallest absolute Gasteiger partial charge is 0.352 e. The van der Waals surface area contributed by atoms with Crippen LogP contribution in [0.3, 0.4) is 0 Å². The van der Waals surface area contributed by atoms with Crippen LogP contribution in [-0.2, 0) is 16.6 Å². The van der Waals surface area contributed by atoms with Gasteiger partial charge in [0.1, 0.15) is 0 Å². The molecule has 0 aromatic heterocycles. The van der Waals surface area contributed by atoms with Crippen molar-refractivity contribution in [2.75, 3.05) is 6.54 Å². The van der Waals surface area contributed by atoms with Gasteiger partial charge in [-0.2, -0.15) is 17.5 Å². The fourth-order valence-electron chi connectivity index (χ4n) is 4.21. The molecule has 1 aliphatic rings. The summed E-state index contributed by atoms with van der Waals surface area (Å²) in [4.78, 5) is 12.3. The summed E-state index contributed by atoms with van der Waals surface area (Å²) in [6.07, 6.45) is -1.74. The normalized spacial score (nSPS) is 19.2. The van der Waals surface area contributed by atoms with E-state index >= 15 is 0 Å². The third-order valence-corrected chi connectivity index (χ3v) is 8.24. The van der Waals surface area contributed by atoms with E-state index in [4.69, 9.17) is 11.6 Å². The van der Waals surface area contributed by atoms with Crippen molar-refractivity contribution in [1.82, 2.24) is 9.62 Å². The van der Waals surface area contributed by atoms with Gasteiger partial charge in [0, 0.05) is 29.7 Å². The van der Waals surface area contributed by atoms with Crippen LogP contribution in [0.15, 0.2) is 53.4 Å². The van der Waals surface area contributed by atoms with E-state index in [0.717, 1.165) is 25.7 Å². The summed E-state index contributed by atoms with van der Waals surface area (Å²) in [5.41, 5.74) is 0.895. The molecule has 2 unspecified atom stereocenters. The minimum atomic E-state index is -4.34. The molecule has 0 aliphatic heterocycles. The Bertz CT molecular complexity index is 1070. The molecular formula is C24H28ClF3N2O3S. The standard InChI is InChI=1S/C24H28ClF3N2O3S/c1-17-4-2-3-5-22(17)30(34(32,33)21-12-10-20(25)11-13-21)16-18-6-8-19(9-7-18)23(31)29-15-14-24(26,27)28/h6-13,17,22H,2-5,14-16H2,1H3,(H,29,31). The maximum Gasteiger partial charge on any atom is 0.390 e. The molecule has 5 nitrogen and oxygen atoms in total. The van der Waals surface area contributed by atoms with Crippen molar-refractivity contribution in [1.29, 1.82) is 0 Å². The van der Waals surface area contributed by atoms with Crippen LogP contribution in [0.2, 0.25) is 5.02 Å². The van der Waals surface area contributed by atoms with Gasteiger partial charge in [-0.3, -0.25) is 4.79 Å². The highest BCUT2D eigenvalue weighted by Gasteiger charge is 2.36. The summed E-state index contributed by atoms with van der Waals surface area (Å²) in [6, 6.07) is 12.2. The average molecular weight is 517 g/mol. The number of nitrogens with one attached hydrogen (secondary N) is 1. The Balaban J connectivity index is 1.80. The summed E-state index contributed by atoms with van der Waals surface area (Å²) in [5.74, 6) is -0.420. The third-order valence-electron chi connectivity index (χ3n) is 6.10. The molecule has 1 saturated carbocycles. The number of hydrogen-bond acceptors (Lipinski definition) is 3. The van der Waals surface area contributed by atoms with Crippen LogP contribution in [0.1, 0.15) is 54.9 Å². The van der Waals surface area contributed by atoms with Crippen LogP contribution in [-0.4, -0.2) is 37.4 Å². The first-order valence-corrected chi connectivity index (χ1v) is 13.0. The van der Waals surface area contributed by atoms with Crippen molar-refractivity contribution in [3.63, 3.8) is 0 Å². The Kier molecular flexibility index (Phi) is 8.65. The number of sulfonamides is 1. The van der Waals surface area contributed by atoms with Crippen molar-refractivity contribution < 1.29 is 26.4 Å². The molecular weight excluding hydrogens is 489 g/mol. The SMILES string of the molecule is CC1CCCCC1N(Cc1ccc(C(=O)NCCC(F)(F)F)cc1)S(=O)(=O)c1ccc(Cl)cc1. The Hall–Kier alpha value is -2.10. The zero-order valence-corrected chi connectivity index (χ0v) is 20.4. The summed E-state index contributed by atoms with van der Waals surface area (Å²) >= 11 is 5.94. The van der Waals surface area contributed by atoms with Crippen molar-refractivity contribution >= 4 is 27.5 Å². The lowest BCUT2D eigenvalue weighted by atomic mass is 9.86. The lowest BCUT2D eigenvalue weighted by molar-refractivity contribution is -0.132. The second-order valence-corrected chi connectivity index (χ2v) is 11.0. The first kappa shape index (κ1) is 26.5. The number of benzene rings is 2. The van der Waals surface area contributed by atoms with Gasteiger partial charge in [0.05, 0.1) is 11.3 Å². The quantitative estimate of drug-likeness (QED) is 0.483. The van der Waals surface area contributed by atoms with Gasteiger partial charge in [0.25, 0.3) is 5.91 Å². The number of carbonyl (C=O) groups excluding carboxylic acids is 1. The first-order valence-electron chi connectivity index (χ1n) is 11.2. The monoisotopic (exact) mass is 516 g/mol. The van der Waals surface area contributed by atoms with Crippen LogP contribution in [0.4, 0.5) is 13.2 Å². The van der Waals surface area contributed by atoms with E-state index in [1.165, 1.54) is 28.6 Å². The van der Waals surface area contributed by atoms with Gasteiger partial charge >= 0.3 is 6.18 Å². The number of amides is 1. The van der Waals surface area contributed by atoms with Crippen molar-refractivity contribution in [3.05, 3.63) is 64.7 Å². The molecule has 2 aromatic carbocycles. The van der Waals surface area contributed by atoms with Crippen molar-refractivity contribution in [3.8, 4) is 0 Å². The van der Waals surface area contributed by atoms with Crippen LogP contribution < -0.4 is 5.32 Å². The maximum absolute atomic E-state index is 13.6. The average Bonchev–Trinajstić information content (AvgIpc) is 2.78. The van der Waals surface area contributed by atoms with Crippen molar-refractivity contribution in [2.24, 2.45) is 5.92 Å². The zero-order valence-electron chi connectivity index (χ0n) is 18.8. The predicted octanol–water partition coefficient (Wildman–Crippen LogP) is 5.79. The van der Waals surface area contributed by atoms with Crippen LogP contribution in [0.5, 0.6) is 0 Å². The molecule has 0 spiro atoms. The van der Waals surface area contributed by atoms with Gasteiger partial charge in [-0.05, 0) is 60.7 Å². The van der Waals surface area contributed by atoms with E-state index < -0.39 is 35.1 Å². The van der Waals surface area contributed by atoms with Gasteiger partial charge in [0.2, 0.25) is 10.0 Å². The van der Waals surface area contributed by atoms with Crippen molar-refractivity contribution in [2.45, 2.75) is 62.7 Å². The lowest BCUT2D eigenvalue weighted by Crippen LogP contribution is -2.44. The first-order chi connectivity index (χ1) is 16.0. The number of alkyl halides is 3. The second kappa shape index (κ2) is 11.1. The zero-order chi connectivity index (χ0) is 24.9. The Labute approximate surface area is 203 Å². The second-order valence-electron chi connectivity index (χ2n) is 8.65. The maximum atomic E-state index is 13.6. The Morgan fingerprint density at radius 3 is 2.26 bits per heavy atom. The van der Waals surface area contributed by atoms with Crippen LogP contribution in [0.25, 0.3) is 0 Å². The molecule has 2 aromatic rings. The van der Waals surface area contributed by atoms with Gasteiger partial charge in [-0.15, -0.1) is 0 Å². The minimum absolute atomic E-state index is 0.121. The number of nitrogens with zero attached hydrogens (tertiary/aromatic N) is 1. The molecule has 34 heavy (non-hydrogen) atoms. The molecule has 1 aliphatic carbocycles. The van der Waals surface area contributed by atoms with E-state index in [-0.39, 0.29) is 29.0 Å². The molecule has 2 atom stereocenters. The molecule has 1 N–H and O–H groups in total. The Morgan fingerprint density at radius 1 is 1.06 bits per heavy atom. The fourth-order valence-corrected chi connectivity index (χ4v) is 6.07. The molecule has 1 fully saturated rings. The minimum Gasteiger partial charge on any atom is -0.352 e. The van der Waals surface area contributed by atoms with Gasteiger partial charge in [-0.25, -0.2) is 8.42 Å². The van der Waals surface area contributed by atoms with E-state index in [1.807, 2.05) is 0 Å². The van der Waals surface area contributed by atoms with Gasteiger partial charge in [-0.1, -0.05) is 43.5 Å². The number of hydrogen-bond donors (Lipinski definition) is 1. The summed E-state index contributed by atoms with van der Waals surface area (Å²) in [5, 5.41) is 2.69. The molecule has 0 saturated heterocycles. The topological polar surface area (TPSA) is 66.5 Å². The Morgan fingerprint density at radius 2 is 1.68 bits per heavy atom. The molecule has 1 amide bonds. The van der Waals surface area contributed by atoms with Crippen LogP contribution in [0, 0.1) is 5.92 Å².